The van der Waals surface area contributed by atoms with Crippen LogP contribution in [-0.2, 0) is 14.3 Å². The van der Waals surface area contributed by atoms with Gasteiger partial charge in [-0.05, 0) is 6.08 Å². The van der Waals surface area contributed by atoms with E-state index in [0.717, 1.165) is 0 Å². The van der Waals surface area contributed by atoms with Crippen molar-refractivity contribution in [2.45, 2.75) is 14.1 Å². The van der Waals surface area contributed by atoms with Gasteiger partial charge in [-0.2, -0.15) is 0 Å². The summed E-state index contributed by atoms with van der Waals surface area (Å²) in [5.74, 6) is -3.63. The highest BCUT2D eigenvalue weighted by molar-refractivity contribution is 6.63. The lowest BCUT2D eigenvalue weighted by atomic mass is 9.84. The van der Waals surface area contributed by atoms with Gasteiger partial charge in [0.2, 0.25) is 0 Å². The predicted molar refractivity (Wildman–Crippen MR) is 63.6 cm³/mol. The van der Waals surface area contributed by atoms with Crippen molar-refractivity contribution in [1.82, 2.24) is 0 Å². The molecule has 0 spiro atoms. The zero-order valence-electron chi connectivity index (χ0n) is 7.85. The van der Waals surface area contributed by atoms with Gasteiger partial charge in [0.1, 0.15) is 9.75 Å². The minimum Gasteiger partial charge on any atom is -0.393 e. The molecule has 2 fully saturated rings. The summed E-state index contributed by atoms with van der Waals surface area (Å²) in [4.78, 5) is 20.1. The number of hydrogen-bond donors (Lipinski definition) is 0. The van der Waals surface area contributed by atoms with Crippen molar-refractivity contribution >= 4 is 69.9 Å². The minimum atomic E-state index is -1.75. The van der Waals surface area contributed by atoms with Gasteiger partial charge in [0, 0.05) is 5.03 Å². The van der Waals surface area contributed by atoms with Crippen molar-refractivity contribution in [3.63, 3.8) is 0 Å². The van der Waals surface area contributed by atoms with Crippen LogP contribution in [0.25, 0.3) is 0 Å². The molecular weight excluding hydrogens is 333 g/mol. The zero-order chi connectivity index (χ0) is 12.8. The number of rotatable bonds is 0. The molecule has 3 rings (SSSR count). The van der Waals surface area contributed by atoms with Crippen LogP contribution in [0.4, 0.5) is 0 Å². The SMILES string of the molecule is O=C1OC(=O)C2C1C1(Cl)C=C(Cl)C2(Cl)C1(Cl)Cl. The van der Waals surface area contributed by atoms with Gasteiger partial charge in [0.25, 0.3) is 0 Å². The molecule has 3 aliphatic rings. The van der Waals surface area contributed by atoms with E-state index in [1.807, 2.05) is 0 Å². The molecule has 2 bridgehead atoms. The highest BCUT2D eigenvalue weighted by Gasteiger charge is 2.85. The Morgan fingerprint density at radius 2 is 1.59 bits per heavy atom. The van der Waals surface area contributed by atoms with E-state index in [1.54, 1.807) is 0 Å². The summed E-state index contributed by atoms with van der Waals surface area (Å²) in [6, 6.07) is 0. The lowest BCUT2D eigenvalue weighted by Gasteiger charge is -2.32. The quantitative estimate of drug-likeness (QED) is 0.388. The molecule has 2 aliphatic carbocycles. The molecule has 0 aromatic heterocycles. The van der Waals surface area contributed by atoms with E-state index in [2.05, 4.69) is 4.74 Å². The van der Waals surface area contributed by atoms with E-state index in [4.69, 9.17) is 58.0 Å². The van der Waals surface area contributed by atoms with Gasteiger partial charge in [-0.3, -0.25) is 9.59 Å². The molecular formula is C9H3Cl5O3. The average molecular weight is 336 g/mol. The zero-order valence-corrected chi connectivity index (χ0v) is 11.6. The molecule has 0 radical (unpaired) electrons. The van der Waals surface area contributed by atoms with Crippen molar-refractivity contribution in [2.75, 3.05) is 0 Å². The molecule has 0 amide bonds. The van der Waals surface area contributed by atoms with Gasteiger partial charge < -0.3 is 4.74 Å². The fraction of sp³-hybridized carbons (Fsp3) is 0.556. The summed E-state index contributed by atoms with van der Waals surface area (Å²) in [5.41, 5.74) is 0. The van der Waals surface area contributed by atoms with Gasteiger partial charge in [0.05, 0.1) is 11.8 Å². The maximum Gasteiger partial charge on any atom is 0.319 e. The largest absolute Gasteiger partial charge is 0.393 e. The Hall–Kier alpha value is 0.330. The van der Waals surface area contributed by atoms with E-state index >= 15 is 0 Å². The number of carbonyl (C=O) groups excluding carboxylic acids is 2. The fourth-order valence-corrected chi connectivity index (χ4v) is 5.06. The Kier molecular flexibility index (Phi) is 2.24. The van der Waals surface area contributed by atoms with Gasteiger partial charge >= 0.3 is 11.9 Å². The normalized spacial score (nSPS) is 50.3. The summed E-state index contributed by atoms with van der Waals surface area (Å²) < 4.78 is 2.78. The summed E-state index contributed by atoms with van der Waals surface area (Å²) >= 11 is 30.8. The molecule has 4 atom stereocenters. The van der Waals surface area contributed by atoms with Gasteiger partial charge in [0.15, 0.2) is 4.33 Å². The number of allylic oxidation sites excluding steroid dienone is 2. The van der Waals surface area contributed by atoms with E-state index in [0.29, 0.717) is 0 Å². The highest BCUT2D eigenvalue weighted by Crippen LogP contribution is 2.74. The molecule has 92 valence electrons. The molecule has 0 aromatic rings. The molecule has 3 nitrogen and oxygen atoms in total. The molecule has 1 aliphatic heterocycles. The Labute approximate surface area is 121 Å². The van der Waals surface area contributed by atoms with Crippen molar-refractivity contribution in [3.05, 3.63) is 11.1 Å². The highest BCUT2D eigenvalue weighted by atomic mass is 35.5. The first-order valence-electron chi connectivity index (χ1n) is 4.58. The van der Waals surface area contributed by atoms with Crippen molar-refractivity contribution in [3.8, 4) is 0 Å². The van der Waals surface area contributed by atoms with E-state index in [-0.39, 0.29) is 5.03 Å². The van der Waals surface area contributed by atoms with Crippen LogP contribution in [0.3, 0.4) is 0 Å². The van der Waals surface area contributed by atoms with E-state index in [1.165, 1.54) is 6.08 Å². The van der Waals surface area contributed by atoms with Crippen LogP contribution >= 0.6 is 58.0 Å². The molecule has 0 N–H and O–H groups in total. The summed E-state index contributed by atoms with van der Waals surface area (Å²) in [7, 11) is 0. The number of cyclic esters (lactones) is 2. The second-order valence-corrected chi connectivity index (χ2v) is 7.20. The molecule has 17 heavy (non-hydrogen) atoms. The first-order chi connectivity index (χ1) is 7.68. The van der Waals surface area contributed by atoms with Crippen molar-refractivity contribution in [2.24, 2.45) is 11.8 Å². The van der Waals surface area contributed by atoms with Crippen molar-refractivity contribution < 1.29 is 14.3 Å². The number of ether oxygens (including phenoxy) is 1. The summed E-state index contributed by atoms with van der Waals surface area (Å²) in [6.45, 7) is 0. The smallest absolute Gasteiger partial charge is 0.319 e. The Balaban J connectivity index is 2.32. The maximum atomic E-state index is 11.6. The molecule has 4 unspecified atom stereocenters. The van der Waals surface area contributed by atoms with Crippen LogP contribution in [-0.4, -0.2) is 26.0 Å². The van der Waals surface area contributed by atoms with Crippen LogP contribution in [0.5, 0.6) is 0 Å². The van der Waals surface area contributed by atoms with Gasteiger partial charge in [-0.15, -0.1) is 23.2 Å². The third-order valence-corrected chi connectivity index (χ3v) is 7.01. The average Bonchev–Trinajstić information content (AvgIpc) is 2.61. The van der Waals surface area contributed by atoms with Gasteiger partial charge in [-0.1, -0.05) is 34.8 Å². The number of fused-ring (bicyclic) bond motifs is 5. The van der Waals surface area contributed by atoms with Crippen molar-refractivity contribution in [1.29, 1.82) is 0 Å². The molecule has 1 saturated carbocycles. The van der Waals surface area contributed by atoms with Crippen LogP contribution in [0.2, 0.25) is 0 Å². The monoisotopic (exact) mass is 334 g/mol. The van der Waals surface area contributed by atoms with Gasteiger partial charge in [-0.25, -0.2) is 0 Å². The van der Waals surface area contributed by atoms with Crippen LogP contribution in [0.15, 0.2) is 11.1 Å². The molecule has 0 aromatic carbocycles. The third-order valence-electron chi connectivity index (χ3n) is 3.55. The van der Waals surface area contributed by atoms with E-state index < -0.39 is 37.9 Å². The van der Waals surface area contributed by atoms with Crippen LogP contribution < -0.4 is 0 Å². The Morgan fingerprint density at radius 3 is 2.18 bits per heavy atom. The number of alkyl halides is 4. The first kappa shape index (κ1) is 12.4. The predicted octanol–water partition coefficient (Wildman–Crippen LogP) is 2.58. The second kappa shape index (κ2) is 3.07. The number of hydrogen-bond acceptors (Lipinski definition) is 3. The lowest BCUT2D eigenvalue weighted by molar-refractivity contribution is -0.154. The third kappa shape index (κ3) is 1.02. The minimum absolute atomic E-state index is 0.0621. The Bertz CT molecular complexity index is 501. The standard InChI is InChI=1S/C9H3Cl5O3/c10-2-1-7(11)3-4(6(16)17-5(3)15)8(2,12)9(7,13)14/h1,3-4H. The topological polar surface area (TPSA) is 43.4 Å². The van der Waals surface area contributed by atoms with Crippen LogP contribution in [0.1, 0.15) is 0 Å². The summed E-state index contributed by atoms with van der Waals surface area (Å²) in [6.07, 6.45) is 1.32. The first-order valence-corrected chi connectivity index (χ1v) is 6.47. The summed E-state index contributed by atoms with van der Waals surface area (Å²) in [5, 5.41) is 0.0621. The second-order valence-electron chi connectivity index (χ2n) is 4.24. The number of esters is 2. The Morgan fingerprint density at radius 1 is 1.06 bits per heavy atom. The molecule has 1 heterocycles. The van der Waals surface area contributed by atoms with E-state index in [9.17, 15) is 9.59 Å². The molecule has 8 heteroatoms. The van der Waals surface area contributed by atoms with Crippen LogP contribution in [0, 0.1) is 11.8 Å². The fourth-order valence-electron chi connectivity index (χ4n) is 2.74. The molecule has 1 saturated heterocycles. The lowest BCUT2D eigenvalue weighted by Crippen LogP contribution is -2.46. The number of halogens is 5. The number of carbonyl (C=O) groups is 2. The maximum absolute atomic E-state index is 11.6.